The van der Waals surface area contributed by atoms with Gasteiger partial charge in [-0.3, -0.25) is 4.79 Å². The lowest BCUT2D eigenvalue weighted by Gasteiger charge is -1.99. The van der Waals surface area contributed by atoms with Crippen molar-refractivity contribution in [3.63, 3.8) is 0 Å². The third-order valence-electron chi connectivity index (χ3n) is 2.32. The lowest BCUT2D eigenvalue weighted by Crippen LogP contribution is -2.17. The van der Waals surface area contributed by atoms with Crippen molar-refractivity contribution in [3.05, 3.63) is 44.9 Å². The molecule has 6 nitrogen and oxygen atoms in total. The number of nitrogens with zero attached hydrogens (tertiary/aromatic N) is 2. The van der Waals surface area contributed by atoms with Gasteiger partial charge in [0.1, 0.15) is 5.82 Å². The maximum Gasteiger partial charge on any atom is 0.348 e. The molecule has 3 rings (SSSR count). The van der Waals surface area contributed by atoms with Crippen molar-refractivity contribution in [1.82, 2.24) is 19.6 Å². The second-order valence-electron chi connectivity index (χ2n) is 3.30. The number of H-pyrrole nitrogens is 2. The molecule has 0 bridgehead atoms. The fourth-order valence-corrected chi connectivity index (χ4v) is 1.65. The lowest BCUT2D eigenvalue weighted by molar-refractivity contribution is 0.629. The van der Waals surface area contributed by atoms with E-state index in [2.05, 4.69) is 15.2 Å². The van der Waals surface area contributed by atoms with E-state index in [4.69, 9.17) is 0 Å². The summed E-state index contributed by atoms with van der Waals surface area (Å²) in [6.45, 7) is 0. The molecule has 0 aliphatic heterocycles. The maximum absolute atomic E-state index is 13.1. The van der Waals surface area contributed by atoms with Crippen molar-refractivity contribution in [2.75, 3.05) is 0 Å². The Balaban J connectivity index is 2.75. The highest BCUT2D eigenvalue weighted by molar-refractivity contribution is 5.76. The summed E-state index contributed by atoms with van der Waals surface area (Å²) in [5, 5.41) is 5.70. The number of hydrogen-bond acceptors (Lipinski definition) is 3. The van der Waals surface area contributed by atoms with Crippen LogP contribution in [0, 0.1) is 5.82 Å². The Labute approximate surface area is 86.3 Å². The largest absolute Gasteiger partial charge is 0.348 e. The van der Waals surface area contributed by atoms with Gasteiger partial charge in [-0.25, -0.2) is 18.7 Å². The molecule has 2 heterocycles. The summed E-state index contributed by atoms with van der Waals surface area (Å²) < 4.78 is 14.1. The second kappa shape index (κ2) is 2.78. The molecule has 16 heavy (non-hydrogen) atoms. The van der Waals surface area contributed by atoms with Crippen LogP contribution in [0.5, 0.6) is 0 Å². The third-order valence-corrected chi connectivity index (χ3v) is 2.32. The van der Waals surface area contributed by atoms with Crippen molar-refractivity contribution in [2.24, 2.45) is 0 Å². The Hall–Kier alpha value is -2.44. The van der Waals surface area contributed by atoms with Crippen LogP contribution in [0.1, 0.15) is 0 Å². The Bertz CT molecular complexity index is 814. The Morgan fingerprint density at radius 1 is 1.31 bits per heavy atom. The van der Waals surface area contributed by atoms with Crippen LogP contribution >= 0.6 is 0 Å². The first-order valence-corrected chi connectivity index (χ1v) is 4.45. The summed E-state index contributed by atoms with van der Waals surface area (Å²) >= 11 is 0. The second-order valence-corrected chi connectivity index (χ2v) is 3.30. The van der Waals surface area contributed by atoms with Gasteiger partial charge in [-0.2, -0.15) is 0 Å². The van der Waals surface area contributed by atoms with Crippen LogP contribution < -0.4 is 11.2 Å². The number of fused-ring (bicyclic) bond motifs is 3. The number of hydrogen-bond donors (Lipinski definition) is 2. The van der Waals surface area contributed by atoms with Crippen LogP contribution in [0.3, 0.4) is 0 Å². The molecule has 0 fully saturated rings. The Morgan fingerprint density at radius 2 is 2.12 bits per heavy atom. The van der Waals surface area contributed by atoms with Gasteiger partial charge in [0.25, 0.3) is 5.56 Å². The SMILES string of the molecule is O=c1[nH]c2ccc(F)cc2n2c(=O)[nH]nc12. The highest BCUT2D eigenvalue weighted by Crippen LogP contribution is 2.10. The molecule has 0 spiro atoms. The zero-order valence-electron chi connectivity index (χ0n) is 7.82. The molecule has 0 aliphatic rings. The van der Waals surface area contributed by atoms with Gasteiger partial charge in [-0.15, -0.1) is 5.10 Å². The van der Waals surface area contributed by atoms with Gasteiger partial charge in [-0.05, 0) is 12.1 Å². The summed E-state index contributed by atoms with van der Waals surface area (Å²) in [4.78, 5) is 25.4. The monoisotopic (exact) mass is 220 g/mol. The minimum atomic E-state index is -0.572. The first-order valence-electron chi connectivity index (χ1n) is 4.45. The molecular weight excluding hydrogens is 215 g/mol. The molecule has 0 amide bonds. The molecule has 1 aromatic carbocycles. The standard InChI is InChI=1S/C9H5FN4O2/c10-4-1-2-5-6(3-4)14-7(8(15)11-5)12-13-9(14)16/h1-3H,(H,11,15)(H,13,16). The highest BCUT2D eigenvalue weighted by atomic mass is 19.1. The normalized spacial score (nSPS) is 11.3. The molecule has 0 atom stereocenters. The van der Waals surface area contributed by atoms with E-state index in [0.29, 0.717) is 5.52 Å². The van der Waals surface area contributed by atoms with E-state index in [1.807, 2.05) is 0 Å². The zero-order valence-corrected chi connectivity index (χ0v) is 7.82. The summed E-state index contributed by atoms with van der Waals surface area (Å²) in [6, 6.07) is 3.76. The van der Waals surface area contributed by atoms with E-state index in [-0.39, 0.29) is 11.2 Å². The molecule has 80 valence electrons. The summed E-state index contributed by atoms with van der Waals surface area (Å²) in [6.07, 6.45) is 0. The molecule has 0 unspecified atom stereocenters. The van der Waals surface area contributed by atoms with Crippen LogP contribution in [0.15, 0.2) is 27.8 Å². The fourth-order valence-electron chi connectivity index (χ4n) is 1.65. The number of halogens is 1. The molecule has 3 aromatic rings. The van der Waals surface area contributed by atoms with Crippen molar-refractivity contribution in [3.8, 4) is 0 Å². The van der Waals surface area contributed by atoms with Crippen LogP contribution in [0.2, 0.25) is 0 Å². The minimum absolute atomic E-state index is 0.0805. The van der Waals surface area contributed by atoms with Crippen molar-refractivity contribution in [1.29, 1.82) is 0 Å². The van der Waals surface area contributed by atoms with Crippen molar-refractivity contribution >= 4 is 16.7 Å². The van der Waals surface area contributed by atoms with Gasteiger partial charge in [0.05, 0.1) is 11.0 Å². The molecule has 0 saturated heterocycles. The number of aromatic amines is 2. The average molecular weight is 220 g/mol. The zero-order chi connectivity index (χ0) is 11.3. The minimum Gasteiger partial charge on any atom is -0.317 e. The molecule has 0 saturated carbocycles. The van der Waals surface area contributed by atoms with E-state index in [0.717, 1.165) is 10.5 Å². The van der Waals surface area contributed by atoms with E-state index >= 15 is 0 Å². The van der Waals surface area contributed by atoms with Crippen LogP contribution in [0.25, 0.3) is 16.7 Å². The topological polar surface area (TPSA) is 83.0 Å². The van der Waals surface area contributed by atoms with Crippen LogP contribution in [-0.2, 0) is 0 Å². The molecule has 2 aromatic heterocycles. The van der Waals surface area contributed by atoms with E-state index in [1.165, 1.54) is 12.1 Å². The molecule has 0 aliphatic carbocycles. The van der Waals surface area contributed by atoms with Gasteiger partial charge >= 0.3 is 5.69 Å². The van der Waals surface area contributed by atoms with E-state index in [9.17, 15) is 14.0 Å². The molecule has 0 radical (unpaired) electrons. The van der Waals surface area contributed by atoms with Crippen LogP contribution in [0.4, 0.5) is 4.39 Å². The molecule has 7 heteroatoms. The van der Waals surface area contributed by atoms with Crippen molar-refractivity contribution < 1.29 is 4.39 Å². The van der Waals surface area contributed by atoms with Crippen LogP contribution in [-0.4, -0.2) is 19.6 Å². The summed E-state index contributed by atoms with van der Waals surface area (Å²) in [5.74, 6) is -0.492. The molecular formula is C9H5FN4O2. The van der Waals surface area contributed by atoms with Gasteiger partial charge < -0.3 is 4.98 Å². The Kier molecular flexibility index (Phi) is 1.54. The number of rotatable bonds is 0. The van der Waals surface area contributed by atoms with E-state index in [1.54, 1.807) is 0 Å². The lowest BCUT2D eigenvalue weighted by atomic mass is 10.3. The van der Waals surface area contributed by atoms with Crippen molar-refractivity contribution in [2.45, 2.75) is 0 Å². The highest BCUT2D eigenvalue weighted by Gasteiger charge is 2.09. The van der Waals surface area contributed by atoms with E-state index < -0.39 is 17.1 Å². The fraction of sp³-hybridized carbons (Fsp3) is 0. The Morgan fingerprint density at radius 3 is 2.94 bits per heavy atom. The first-order chi connectivity index (χ1) is 7.66. The first kappa shape index (κ1) is 8.84. The number of benzene rings is 1. The quantitative estimate of drug-likeness (QED) is 0.559. The van der Waals surface area contributed by atoms with Gasteiger partial charge in [0, 0.05) is 6.07 Å². The summed E-state index contributed by atoms with van der Waals surface area (Å²) in [5.41, 5.74) is -0.506. The maximum atomic E-state index is 13.1. The summed E-state index contributed by atoms with van der Waals surface area (Å²) in [7, 11) is 0. The predicted octanol–water partition coefficient (Wildman–Crippen LogP) is 0.00320. The average Bonchev–Trinajstić information content (AvgIpc) is 2.63. The predicted molar refractivity (Wildman–Crippen MR) is 53.9 cm³/mol. The number of aromatic nitrogens is 4. The number of nitrogens with one attached hydrogen (secondary N) is 2. The smallest absolute Gasteiger partial charge is 0.317 e. The van der Waals surface area contributed by atoms with Gasteiger partial charge in [0.15, 0.2) is 0 Å². The van der Waals surface area contributed by atoms with Gasteiger partial charge in [0.2, 0.25) is 5.65 Å². The molecule has 2 N–H and O–H groups in total. The third kappa shape index (κ3) is 1.02. The van der Waals surface area contributed by atoms with Gasteiger partial charge in [-0.1, -0.05) is 0 Å².